The lowest BCUT2D eigenvalue weighted by atomic mass is 10.1. The van der Waals surface area contributed by atoms with E-state index in [1.54, 1.807) is 30.3 Å². The Morgan fingerprint density at radius 3 is 2.18 bits per heavy atom. The van der Waals surface area contributed by atoms with Gasteiger partial charge in [-0.05, 0) is 30.2 Å². The average Bonchev–Trinajstić information content (AvgIpc) is 2.64. The van der Waals surface area contributed by atoms with Gasteiger partial charge in [0, 0.05) is 6.07 Å². The van der Waals surface area contributed by atoms with E-state index < -0.39 is 41.5 Å². The summed E-state index contributed by atoms with van der Waals surface area (Å²) in [7, 11) is 1.20. The summed E-state index contributed by atoms with van der Waals surface area (Å²) in [6.07, 6.45) is -0.300. The van der Waals surface area contributed by atoms with Crippen LogP contribution in [0.25, 0.3) is 0 Å². The first kappa shape index (κ1) is 21.0. The van der Waals surface area contributed by atoms with Crippen molar-refractivity contribution in [1.82, 2.24) is 10.6 Å². The first-order valence-electron chi connectivity index (χ1n) is 8.47. The van der Waals surface area contributed by atoms with Gasteiger partial charge in [0.2, 0.25) is 11.8 Å². The number of amides is 2. The molecule has 2 rings (SSSR count). The SMILES string of the molecule is COC(=O)[C@H](NC(=O)[C@@H](C)NC(=O)Cc1cc(F)cc(F)c1)c1ccccc1. The number of nitrogens with one attached hydrogen (secondary N) is 2. The van der Waals surface area contributed by atoms with Gasteiger partial charge in [0.05, 0.1) is 13.5 Å². The van der Waals surface area contributed by atoms with Crippen molar-refractivity contribution in [3.05, 3.63) is 71.3 Å². The summed E-state index contributed by atoms with van der Waals surface area (Å²) in [5.41, 5.74) is 0.663. The largest absolute Gasteiger partial charge is 0.467 e. The second kappa shape index (κ2) is 9.59. The van der Waals surface area contributed by atoms with E-state index in [0.717, 1.165) is 12.1 Å². The molecule has 6 nitrogen and oxygen atoms in total. The second-order valence-corrected chi connectivity index (χ2v) is 6.12. The van der Waals surface area contributed by atoms with Crippen molar-refractivity contribution in [3.8, 4) is 0 Å². The van der Waals surface area contributed by atoms with Gasteiger partial charge in [0.25, 0.3) is 0 Å². The Labute approximate surface area is 160 Å². The van der Waals surface area contributed by atoms with Crippen LogP contribution in [0.3, 0.4) is 0 Å². The molecule has 2 atom stereocenters. The first-order valence-corrected chi connectivity index (χ1v) is 8.47. The molecule has 0 aromatic heterocycles. The van der Waals surface area contributed by atoms with E-state index in [1.807, 2.05) is 0 Å². The molecule has 8 heteroatoms. The van der Waals surface area contributed by atoms with E-state index in [-0.39, 0.29) is 12.0 Å². The maximum absolute atomic E-state index is 13.2. The van der Waals surface area contributed by atoms with Gasteiger partial charge < -0.3 is 15.4 Å². The number of rotatable bonds is 7. The minimum Gasteiger partial charge on any atom is -0.467 e. The van der Waals surface area contributed by atoms with Crippen LogP contribution in [0.4, 0.5) is 8.78 Å². The summed E-state index contributed by atoms with van der Waals surface area (Å²) in [4.78, 5) is 36.5. The lowest BCUT2D eigenvalue weighted by Gasteiger charge is -2.20. The fourth-order valence-electron chi connectivity index (χ4n) is 2.57. The summed E-state index contributed by atoms with van der Waals surface area (Å²) in [5, 5.41) is 4.96. The van der Waals surface area contributed by atoms with Crippen molar-refractivity contribution in [2.45, 2.75) is 25.4 Å². The Kier molecular flexibility index (Phi) is 7.20. The highest BCUT2D eigenvalue weighted by molar-refractivity contribution is 5.91. The summed E-state index contributed by atoms with van der Waals surface area (Å²) in [6.45, 7) is 1.43. The Bertz CT molecular complexity index is 838. The Morgan fingerprint density at radius 2 is 1.61 bits per heavy atom. The average molecular weight is 390 g/mol. The van der Waals surface area contributed by atoms with E-state index in [1.165, 1.54) is 14.0 Å². The van der Waals surface area contributed by atoms with Gasteiger partial charge in [-0.25, -0.2) is 13.6 Å². The van der Waals surface area contributed by atoms with Gasteiger partial charge in [-0.15, -0.1) is 0 Å². The van der Waals surface area contributed by atoms with Gasteiger partial charge in [0.15, 0.2) is 6.04 Å². The van der Waals surface area contributed by atoms with Crippen molar-refractivity contribution in [2.24, 2.45) is 0 Å². The number of hydrogen-bond donors (Lipinski definition) is 2. The number of carbonyl (C=O) groups excluding carboxylic acids is 3. The van der Waals surface area contributed by atoms with Crippen LogP contribution in [0.15, 0.2) is 48.5 Å². The second-order valence-electron chi connectivity index (χ2n) is 6.12. The van der Waals surface area contributed by atoms with E-state index in [0.29, 0.717) is 11.6 Å². The molecule has 2 aromatic carbocycles. The van der Waals surface area contributed by atoms with E-state index in [4.69, 9.17) is 4.74 Å². The smallest absolute Gasteiger partial charge is 0.333 e. The topological polar surface area (TPSA) is 84.5 Å². The summed E-state index contributed by atoms with van der Waals surface area (Å²) in [6, 6.07) is 9.25. The summed E-state index contributed by atoms with van der Waals surface area (Å²) < 4.78 is 31.1. The predicted octanol–water partition coefficient (Wildman–Crippen LogP) is 2.04. The highest BCUT2D eigenvalue weighted by atomic mass is 19.1. The van der Waals surface area contributed by atoms with Crippen LogP contribution in [0.1, 0.15) is 24.1 Å². The van der Waals surface area contributed by atoms with Gasteiger partial charge in [-0.3, -0.25) is 9.59 Å². The zero-order valence-corrected chi connectivity index (χ0v) is 15.4. The van der Waals surface area contributed by atoms with Crippen LogP contribution < -0.4 is 10.6 Å². The van der Waals surface area contributed by atoms with Gasteiger partial charge in [0.1, 0.15) is 17.7 Å². The molecule has 0 unspecified atom stereocenters. The third kappa shape index (κ3) is 5.87. The molecule has 0 saturated carbocycles. The van der Waals surface area contributed by atoms with Crippen molar-refractivity contribution in [3.63, 3.8) is 0 Å². The predicted molar refractivity (Wildman–Crippen MR) is 97.0 cm³/mol. The summed E-state index contributed by atoms with van der Waals surface area (Å²) >= 11 is 0. The maximum Gasteiger partial charge on any atom is 0.333 e. The number of methoxy groups -OCH3 is 1. The molecule has 0 aliphatic rings. The van der Waals surface area contributed by atoms with Crippen LogP contribution in [-0.4, -0.2) is 30.9 Å². The first-order chi connectivity index (χ1) is 13.3. The van der Waals surface area contributed by atoms with E-state index >= 15 is 0 Å². The van der Waals surface area contributed by atoms with Crippen molar-refractivity contribution < 1.29 is 27.9 Å². The molecule has 0 heterocycles. The molecule has 2 amide bonds. The molecule has 2 N–H and O–H groups in total. The van der Waals surface area contributed by atoms with Crippen LogP contribution >= 0.6 is 0 Å². The van der Waals surface area contributed by atoms with Crippen LogP contribution in [0, 0.1) is 11.6 Å². The molecule has 0 aliphatic heterocycles. The molecule has 0 bridgehead atoms. The quantitative estimate of drug-likeness (QED) is 0.709. The third-order valence-electron chi connectivity index (χ3n) is 3.91. The van der Waals surface area contributed by atoms with Gasteiger partial charge in [-0.2, -0.15) is 0 Å². The minimum atomic E-state index is -1.03. The normalized spacial score (nSPS) is 12.6. The van der Waals surface area contributed by atoms with Crippen LogP contribution in [0.5, 0.6) is 0 Å². The van der Waals surface area contributed by atoms with Crippen LogP contribution in [0.2, 0.25) is 0 Å². The Morgan fingerprint density at radius 1 is 1.00 bits per heavy atom. The number of ether oxygens (including phenoxy) is 1. The molecule has 0 fully saturated rings. The molecular formula is C20H20F2N2O4. The zero-order chi connectivity index (χ0) is 20.7. The zero-order valence-electron chi connectivity index (χ0n) is 15.4. The number of esters is 1. The Balaban J connectivity index is 2.00. The minimum absolute atomic E-state index is 0.138. The van der Waals surface area contributed by atoms with Crippen molar-refractivity contribution in [2.75, 3.05) is 7.11 Å². The number of halogens is 2. The summed E-state index contributed by atoms with van der Waals surface area (Å²) in [5.74, 6) is -3.46. The molecule has 28 heavy (non-hydrogen) atoms. The standard InChI is InChI=1S/C20H20F2N2O4/c1-12(23-17(25)10-13-8-15(21)11-16(22)9-13)19(26)24-18(20(27)28-2)14-6-4-3-5-7-14/h3-9,11-12,18H,10H2,1-2H3,(H,23,25)(H,24,26)/t12-,18-/m1/s1. The third-order valence-corrected chi connectivity index (χ3v) is 3.91. The molecule has 0 radical (unpaired) electrons. The molecule has 148 valence electrons. The molecule has 0 saturated heterocycles. The number of hydrogen-bond acceptors (Lipinski definition) is 4. The molecule has 0 spiro atoms. The van der Waals surface area contributed by atoms with Crippen LogP contribution in [-0.2, 0) is 25.5 Å². The lowest BCUT2D eigenvalue weighted by Crippen LogP contribution is -2.47. The lowest BCUT2D eigenvalue weighted by molar-refractivity contribution is -0.145. The maximum atomic E-state index is 13.2. The molecule has 0 aliphatic carbocycles. The number of carbonyl (C=O) groups is 3. The van der Waals surface area contributed by atoms with Crippen molar-refractivity contribution >= 4 is 17.8 Å². The van der Waals surface area contributed by atoms with Crippen molar-refractivity contribution in [1.29, 1.82) is 0 Å². The van der Waals surface area contributed by atoms with E-state index in [9.17, 15) is 23.2 Å². The molecule has 2 aromatic rings. The fraction of sp³-hybridized carbons (Fsp3) is 0.250. The highest BCUT2D eigenvalue weighted by Crippen LogP contribution is 2.14. The van der Waals surface area contributed by atoms with Gasteiger partial charge >= 0.3 is 5.97 Å². The van der Waals surface area contributed by atoms with E-state index in [2.05, 4.69) is 10.6 Å². The Hall–Kier alpha value is -3.29. The fourth-order valence-corrected chi connectivity index (χ4v) is 2.57. The molecular weight excluding hydrogens is 370 g/mol. The highest BCUT2D eigenvalue weighted by Gasteiger charge is 2.26. The van der Waals surface area contributed by atoms with Gasteiger partial charge in [-0.1, -0.05) is 30.3 Å². The monoisotopic (exact) mass is 390 g/mol. The number of benzene rings is 2.